The van der Waals surface area contributed by atoms with E-state index in [2.05, 4.69) is 38.1 Å². The quantitative estimate of drug-likeness (QED) is 0.780. The summed E-state index contributed by atoms with van der Waals surface area (Å²) in [5.74, 6) is 1.58. The largest absolute Gasteiger partial charge is 0.504 e. The van der Waals surface area contributed by atoms with Gasteiger partial charge in [0.2, 0.25) is 0 Å². The first-order valence-electron chi connectivity index (χ1n) is 8.69. The monoisotopic (exact) mass is 343 g/mol. The van der Waals surface area contributed by atoms with E-state index in [-0.39, 0.29) is 11.8 Å². The maximum Gasteiger partial charge on any atom is 0.160 e. The lowest BCUT2D eigenvalue weighted by atomic mass is 9.92. The van der Waals surface area contributed by atoms with Crippen LogP contribution in [0.15, 0.2) is 36.4 Å². The number of phenols is 1. The second-order valence-electron chi connectivity index (χ2n) is 6.50. The summed E-state index contributed by atoms with van der Waals surface area (Å²) in [6.45, 7) is 2.19. The molecule has 1 atom stereocenters. The van der Waals surface area contributed by atoms with Crippen molar-refractivity contribution in [2.45, 2.75) is 32.2 Å². The van der Waals surface area contributed by atoms with Crippen LogP contribution in [0.5, 0.6) is 17.2 Å². The number of benzene rings is 2. The van der Waals surface area contributed by atoms with Gasteiger partial charge in [0, 0.05) is 6.04 Å². The Labute approximate surface area is 151 Å². The number of hydrogen-bond donors (Lipinski definition) is 1. The van der Waals surface area contributed by atoms with Gasteiger partial charge in [-0.05, 0) is 67.9 Å². The molecule has 0 saturated carbocycles. The number of methoxy groups -OCH3 is 2. The van der Waals surface area contributed by atoms with Crippen LogP contribution in [-0.4, -0.2) is 38.3 Å². The highest BCUT2D eigenvalue weighted by atomic mass is 16.5. The van der Waals surface area contributed by atoms with E-state index in [9.17, 15) is 5.11 Å². The van der Waals surface area contributed by atoms with Crippen molar-refractivity contribution in [1.82, 2.24) is 4.90 Å². The van der Waals surface area contributed by atoms with E-state index in [1.54, 1.807) is 20.3 Å². The molecule has 0 aliphatic heterocycles. The Kier molecular flexibility index (Phi) is 6.71. The Morgan fingerprint density at radius 1 is 1.04 bits per heavy atom. The molecule has 2 aromatic carbocycles. The van der Waals surface area contributed by atoms with E-state index in [0.717, 1.165) is 30.6 Å². The van der Waals surface area contributed by atoms with Crippen LogP contribution in [0.4, 0.5) is 0 Å². The zero-order valence-corrected chi connectivity index (χ0v) is 15.9. The first-order valence-corrected chi connectivity index (χ1v) is 8.69. The highest BCUT2D eigenvalue weighted by molar-refractivity contribution is 5.43. The fourth-order valence-electron chi connectivity index (χ4n) is 3.18. The predicted molar refractivity (Wildman–Crippen MR) is 102 cm³/mol. The third-order valence-corrected chi connectivity index (χ3v) is 4.52. The highest BCUT2D eigenvalue weighted by Gasteiger charge is 2.19. The third kappa shape index (κ3) is 4.67. The molecule has 1 N–H and O–H groups in total. The predicted octanol–water partition coefficient (Wildman–Crippen LogP) is 4.21. The van der Waals surface area contributed by atoms with Gasteiger partial charge in [-0.15, -0.1) is 0 Å². The smallest absolute Gasteiger partial charge is 0.160 e. The molecule has 2 rings (SSSR count). The normalized spacial score (nSPS) is 12.2. The average molecular weight is 343 g/mol. The van der Waals surface area contributed by atoms with Crippen LogP contribution in [0, 0.1) is 0 Å². The topological polar surface area (TPSA) is 41.9 Å². The second-order valence-corrected chi connectivity index (χ2v) is 6.50. The van der Waals surface area contributed by atoms with Gasteiger partial charge in [-0.2, -0.15) is 0 Å². The zero-order valence-electron chi connectivity index (χ0n) is 15.9. The summed E-state index contributed by atoms with van der Waals surface area (Å²) >= 11 is 0. The zero-order chi connectivity index (χ0) is 18.4. The molecule has 25 heavy (non-hydrogen) atoms. The molecule has 0 aliphatic rings. The van der Waals surface area contributed by atoms with Crippen LogP contribution in [0.1, 0.15) is 36.1 Å². The molecule has 2 aromatic rings. The Bertz CT molecular complexity index is 698. The Morgan fingerprint density at radius 3 is 2.36 bits per heavy atom. The minimum absolute atomic E-state index is 0.181. The van der Waals surface area contributed by atoms with Crippen molar-refractivity contribution in [3.8, 4) is 17.2 Å². The molecule has 136 valence electrons. The SMILES string of the molecule is CCCc1cc(OC)ccc1[C@@H](Cc1ccc(OC)c(O)c1)N(C)C. The molecule has 0 aliphatic carbocycles. The van der Waals surface area contributed by atoms with E-state index in [1.165, 1.54) is 11.1 Å². The van der Waals surface area contributed by atoms with Crippen molar-refractivity contribution in [2.24, 2.45) is 0 Å². The van der Waals surface area contributed by atoms with Crippen molar-refractivity contribution < 1.29 is 14.6 Å². The number of rotatable bonds is 8. The van der Waals surface area contributed by atoms with E-state index < -0.39 is 0 Å². The number of likely N-dealkylation sites (N-methyl/N-ethyl adjacent to an activating group) is 1. The molecular formula is C21H29NO3. The molecular weight excluding hydrogens is 314 g/mol. The summed E-state index contributed by atoms with van der Waals surface area (Å²) < 4.78 is 10.5. The van der Waals surface area contributed by atoms with Crippen LogP contribution < -0.4 is 9.47 Å². The van der Waals surface area contributed by atoms with Gasteiger partial charge in [-0.25, -0.2) is 0 Å². The van der Waals surface area contributed by atoms with Crippen LogP contribution >= 0.6 is 0 Å². The molecule has 0 spiro atoms. The van der Waals surface area contributed by atoms with Crippen LogP contribution in [-0.2, 0) is 12.8 Å². The molecule has 0 unspecified atom stereocenters. The number of aromatic hydroxyl groups is 1. The highest BCUT2D eigenvalue weighted by Crippen LogP contribution is 2.32. The molecule has 0 fully saturated rings. The van der Waals surface area contributed by atoms with E-state index in [4.69, 9.17) is 9.47 Å². The van der Waals surface area contributed by atoms with Crippen LogP contribution in [0.2, 0.25) is 0 Å². The Morgan fingerprint density at radius 2 is 1.80 bits per heavy atom. The molecule has 4 nitrogen and oxygen atoms in total. The first-order chi connectivity index (χ1) is 12.0. The lowest BCUT2D eigenvalue weighted by molar-refractivity contribution is 0.295. The summed E-state index contributed by atoms with van der Waals surface area (Å²) in [5.41, 5.74) is 3.71. The number of hydrogen-bond acceptors (Lipinski definition) is 4. The molecule has 0 radical (unpaired) electrons. The summed E-state index contributed by atoms with van der Waals surface area (Å²) in [6.07, 6.45) is 2.92. The van der Waals surface area contributed by atoms with Gasteiger partial charge in [0.1, 0.15) is 5.75 Å². The third-order valence-electron chi connectivity index (χ3n) is 4.52. The summed E-state index contributed by atoms with van der Waals surface area (Å²) in [5, 5.41) is 10.1. The summed E-state index contributed by atoms with van der Waals surface area (Å²) in [4.78, 5) is 2.22. The standard InChI is InChI=1S/C21H29NO3/c1-6-7-16-14-17(24-4)9-10-18(16)19(22(2)3)12-15-8-11-21(25-5)20(23)13-15/h8-11,13-14,19,23H,6-7,12H2,1-5H3/t19-/m1/s1. The van der Waals surface area contributed by atoms with Crippen molar-refractivity contribution in [3.05, 3.63) is 53.1 Å². The minimum atomic E-state index is 0.181. The van der Waals surface area contributed by atoms with E-state index >= 15 is 0 Å². The Hall–Kier alpha value is -2.20. The second kappa shape index (κ2) is 8.77. The van der Waals surface area contributed by atoms with Crippen molar-refractivity contribution in [3.63, 3.8) is 0 Å². The van der Waals surface area contributed by atoms with Crippen LogP contribution in [0.25, 0.3) is 0 Å². The van der Waals surface area contributed by atoms with Gasteiger partial charge in [0.25, 0.3) is 0 Å². The first kappa shape index (κ1) is 19.1. The van der Waals surface area contributed by atoms with Gasteiger partial charge in [0.05, 0.1) is 14.2 Å². The number of phenolic OH excluding ortho intramolecular Hbond substituents is 1. The fourth-order valence-corrected chi connectivity index (χ4v) is 3.18. The molecule has 0 bridgehead atoms. The van der Waals surface area contributed by atoms with Gasteiger partial charge in [-0.1, -0.05) is 25.5 Å². The van der Waals surface area contributed by atoms with E-state index in [1.807, 2.05) is 18.2 Å². The maximum atomic E-state index is 10.1. The molecule has 0 aromatic heterocycles. The minimum Gasteiger partial charge on any atom is -0.504 e. The average Bonchev–Trinajstić information content (AvgIpc) is 2.60. The van der Waals surface area contributed by atoms with Crippen molar-refractivity contribution in [2.75, 3.05) is 28.3 Å². The molecule has 0 amide bonds. The summed E-state index contributed by atoms with van der Waals surface area (Å²) in [6, 6.07) is 12.2. The number of ether oxygens (including phenoxy) is 2. The number of nitrogens with zero attached hydrogens (tertiary/aromatic N) is 1. The fraction of sp³-hybridized carbons (Fsp3) is 0.429. The van der Waals surface area contributed by atoms with Crippen molar-refractivity contribution in [1.29, 1.82) is 0 Å². The number of aryl methyl sites for hydroxylation is 1. The molecule has 4 heteroatoms. The van der Waals surface area contributed by atoms with Gasteiger partial charge >= 0.3 is 0 Å². The Balaban J connectivity index is 2.36. The van der Waals surface area contributed by atoms with Gasteiger partial charge in [0.15, 0.2) is 11.5 Å². The summed E-state index contributed by atoms with van der Waals surface area (Å²) in [7, 11) is 7.45. The van der Waals surface area contributed by atoms with E-state index in [0.29, 0.717) is 5.75 Å². The van der Waals surface area contributed by atoms with Crippen molar-refractivity contribution >= 4 is 0 Å². The maximum absolute atomic E-state index is 10.1. The van der Waals surface area contributed by atoms with Gasteiger partial charge in [-0.3, -0.25) is 0 Å². The molecule has 0 heterocycles. The lowest BCUT2D eigenvalue weighted by Gasteiger charge is -2.27. The van der Waals surface area contributed by atoms with Crippen LogP contribution in [0.3, 0.4) is 0 Å². The lowest BCUT2D eigenvalue weighted by Crippen LogP contribution is -2.23. The molecule has 0 saturated heterocycles. The van der Waals surface area contributed by atoms with Gasteiger partial charge < -0.3 is 19.5 Å².